The van der Waals surface area contributed by atoms with Crippen molar-refractivity contribution in [3.63, 3.8) is 0 Å². The molecular formula is C25H31N3OS. The molecule has 1 fully saturated rings. The minimum atomic E-state index is 0.241. The lowest BCUT2D eigenvalue weighted by Gasteiger charge is -2.37. The number of likely N-dealkylation sites (tertiary alicyclic amines) is 1. The number of para-hydroxylation sites is 1. The third-order valence-electron chi connectivity index (χ3n) is 6.10. The van der Waals surface area contributed by atoms with Gasteiger partial charge in [-0.3, -0.25) is 4.79 Å². The van der Waals surface area contributed by atoms with Gasteiger partial charge in [-0.25, -0.2) is 4.98 Å². The number of hydrogen-bond donors (Lipinski definition) is 0. The summed E-state index contributed by atoms with van der Waals surface area (Å²) in [5.41, 5.74) is 2.45. The predicted octanol–water partition coefficient (Wildman–Crippen LogP) is 4.78. The number of likely N-dealkylation sites (N-methyl/N-ethyl adjacent to an activating group) is 1. The fourth-order valence-electron chi connectivity index (χ4n) is 4.32. The van der Waals surface area contributed by atoms with Crippen LogP contribution in [0.5, 0.6) is 0 Å². The minimum Gasteiger partial charge on any atom is -0.341 e. The summed E-state index contributed by atoms with van der Waals surface area (Å²) in [5.74, 6) is 0.241. The molecule has 4 nitrogen and oxygen atoms in total. The fourth-order valence-corrected chi connectivity index (χ4v) is 5.29. The number of amides is 1. The summed E-state index contributed by atoms with van der Waals surface area (Å²) in [6.07, 6.45) is 5.85. The molecule has 2 heterocycles. The number of carbonyl (C=O) groups excluding carboxylic acids is 1. The van der Waals surface area contributed by atoms with E-state index in [4.69, 9.17) is 0 Å². The summed E-state index contributed by atoms with van der Waals surface area (Å²) in [6, 6.07) is 19.2. The molecule has 2 aromatic carbocycles. The van der Waals surface area contributed by atoms with Crippen molar-refractivity contribution < 1.29 is 4.79 Å². The van der Waals surface area contributed by atoms with Crippen molar-refractivity contribution in [1.82, 2.24) is 14.8 Å². The van der Waals surface area contributed by atoms with E-state index in [1.807, 2.05) is 30.1 Å². The number of fused-ring (bicyclic) bond motifs is 1. The largest absolute Gasteiger partial charge is 0.341 e. The van der Waals surface area contributed by atoms with Crippen LogP contribution < -0.4 is 0 Å². The van der Waals surface area contributed by atoms with Crippen molar-refractivity contribution in [3.8, 4) is 0 Å². The van der Waals surface area contributed by atoms with Gasteiger partial charge in [-0.05, 0) is 56.5 Å². The second-order valence-electron chi connectivity index (χ2n) is 8.27. The lowest BCUT2D eigenvalue weighted by Crippen LogP contribution is -2.48. The van der Waals surface area contributed by atoms with Crippen molar-refractivity contribution in [2.45, 2.75) is 44.6 Å². The highest BCUT2D eigenvalue weighted by molar-refractivity contribution is 7.18. The van der Waals surface area contributed by atoms with Gasteiger partial charge in [0.1, 0.15) is 0 Å². The van der Waals surface area contributed by atoms with Crippen LogP contribution in [-0.4, -0.2) is 53.4 Å². The summed E-state index contributed by atoms with van der Waals surface area (Å²) >= 11 is 1.70. The molecule has 1 aliphatic rings. The van der Waals surface area contributed by atoms with E-state index in [1.165, 1.54) is 23.1 Å². The maximum Gasteiger partial charge on any atom is 0.223 e. The van der Waals surface area contributed by atoms with Crippen LogP contribution in [-0.2, 0) is 17.6 Å². The molecule has 0 aliphatic carbocycles. The quantitative estimate of drug-likeness (QED) is 0.525. The maximum absolute atomic E-state index is 12.8. The van der Waals surface area contributed by atoms with Crippen LogP contribution in [0.2, 0.25) is 0 Å². The topological polar surface area (TPSA) is 36.4 Å². The second-order valence-corrected chi connectivity index (χ2v) is 9.38. The Hall–Kier alpha value is -2.24. The number of benzene rings is 2. The van der Waals surface area contributed by atoms with Gasteiger partial charge in [0.05, 0.1) is 15.2 Å². The van der Waals surface area contributed by atoms with Crippen molar-refractivity contribution in [2.75, 3.05) is 26.7 Å². The van der Waals surface area contributed by atoms with Gasteiger partial charge in [0.15, 0.2) is 0 Å². The molecule has 30 heavy (non-hydrogen) atoms. The SMILES string of the molecule is CN(C(=O)CCc1nc2ccccc2s1)[C@@H]1CCCN(CCCc2ccccc2)C1. The molecule has 0 radical (unpaired) electrons. The molecule has 158 valence electrons. The highest BCUT2D eigenvalue weighted by Gasteiger charge is 2.25. The molecule has 5 heteroatoms. The zero-order valence-corrected chi connectivity index (χ0v) is 18.6. The van der Waals surface area contributed by atoms with E-state index in [0.717, 1.165) is 49.4 Å². The van der Waals surface area contributed by atoms with Gasteiger partial charge < -0.3 is 9.80 Å². The van der Waals surface area contributed by atoms with Crippen LogP contribution in [0.4, 0.5) is 0 Å². The van der Waals surface area contributed by atoms with Gasteiger partial charge >= 0.3 is 0 Å². The molecule has 1 aliphatic heterocycles. The number of carbonyl (C=O) groups is 1. The van der Waals surface area contributed by atoms with Crippen LogP contribution >= 0.6 is 11.3 Å². The molecule has 0 bridgehead atoms. The Kier molecular flexibility index (Phi) is 7.13. The highest BCUT2D eigenvalue weighted by atomic mass is 32.1. The maximum atomic E-state index is 12.8. The van der Waals surface area contributed by atoms with Gasteiger partial charge in [-0.2, -0.15) is 0 Å². The van der Waals surface area contributed by atoms with Crippen LogP contribution in [0.25, 0.3) is 10.2 Å². The summed E-state index contributed by atoms with van der Waals surface area (Å²) in [6.45, 7) is 3.26. The molecule has 0 spiro atoms. The summed E-state index contributed by atoms with van der Waals surface area (Å²) in [5, 5.41) is 1.06. The molecular weight excluding hydrogens is 390 g/mol. The van der Waals surface area contributed by atoms with E-state index in [0.29, 0.717) is 12.5 Å². The molecule has 0 unspecified atom stereocenters. The van der Waals surface area contributed by atoms with Crippen LogP contribution in [0, 0.1) is 0 Å². The Balaban J connectivity index is 1.23. The van der Waals surface area contributed by atoms with Gasteiger partial charge in [0.25, 0.3) is 0 Å². The number of hydrogen-bond acceptors (Lipinski definition) is 4. The third kappa shape index (κ3) is 5.46. The molecule has 1 saturated heterocycles. The Bertz CT molecular complexity index is 922. The van der Waals surface area contributed by atoms with Crippen LogP contribution in [0.3, 0.4) is 0 Å². The number of aromatic nitrogens is 1. The van der Waals surface area contributed by atoms with Gasteiger partial charge in [-0.1, -0.05) is 42.5 Å². The monoisotopic (exact) mass is 421 g/mol. The van der Waals surface area contributed by atoms with E-state index in [2.05, 4.69) is 46.3 Å². The first kappa shape index (κ1) is 21.0. The Labute approximate surface area is 183 Å². The van der Waals surface area contributed by atoms with E-state index < -0.39 is 0 Å². The summed E-state index contributed by atoms with van der Waals surface area (Å²) < 4.78 is 1.20. The normalized spacial score (nSPS) is 17.3. The van der Waals surface area contributed by atoms with Crippen molar-refractivity contribution in [2.24, 2.45) is 0 Å². The van der Waals surface area contributed by atoms with Gasteiger partial charge in [0.2, 0.25) is 5.91 Å². The molecule has 0 N–H and O–H groups in total. The zero-order chi connectivity index (χ0) is 20.8. The number of aryl methyl sites for hydroxylation is 2. The fraction of sp³-hybridized carbons (Fsp3) is 0.440. The van der Waals surface area contributed by atoms with Crippen molar-refractivity contribution in [3.05, 3.63) is 65.2 Å². The van der Waals surface area contributed by atoms with Gasteiger partial charge in [-0.15, -0.1) is 11.3 Å². The number of piperidine rings is 1. The number of rotatable bonds is 8. The highest BCUT2D eigenvalue weighted by Crippen LogP contribution is 2.23. The molecule has 0 saturated carbocycles. The molecule has 1 aromatic heterocycles. The molecule has 1 amide bonds. The van der Waals surface area contributed by atoms with E-state index >= 15 is 0 Å². The average molecular weight is 422 g/mol. The van der Waals surface area contributed by atoms with E-state index in [9.17, 15) is 4.79 Å². The predicted molar refractivity (Wildman–Crippen MR) is 125 cm³/mol. The number of thiazole rings is 1. The Morgan fingerprint density at radius 3 is 2.77 bits per heavy atom. The third-order valence-corrected chi connectivity index (χ3v) is 7.19. The molecule has 1 atom stereocenters. The van der Waals surface area contributed by atoms with Crippen LogP contribution in [0.1, 0.15) is 36.3 Å². The van der Waals surface area contributed by atoms with Crippen LogP contribution in [0.15, 0.2) is 54.6 Å². The first-order chi connectivity index (χ1) is 14.7. The lowest BCUT2D eigenvalue weighted by molar-refractivity contribution is -0.133. The first-order valence-corrected chi connectivity index (χ1v) is 11.9. The molecule has 4 rings (SSSR count). The Morgan fingerprint density at radius 1 is 1.13 bits per heavy atom. The first-order valence-electron chi connectivity index (χ1n) is 11.1. The summed E-state index contributed by atoms with van der Waals surface area (Å²) in [7, 11) is 1.98. The summed E-state index contributed by atoms with van der Waals surface area (Å²) in [4.78, 5) is 22.0. The number of nitrogens with zero attached hydrogens (tertiary/aromatic N) is 3. The van der Waals surface area contributed by atoms with Crippen molar-refractivity contribution in [1.29, 1.82) is 0 Å². The van der Waals surface area contributed by atoms with E-state index in [-0.39, 0.29) is 5.91 Å². The van der Waals surface area contributed by atoms with E-state index in [1.54, 1.807) is 11.3 Å². The van der Waals surface area contributed by atoms with Crippen molar-refractivity contribution >= 4 is 27.5 Å². The lowest BCUT2D eigenvalue weighted by atomic mass is 10.0. The average Bonchev–Trinajstić information content (AvgIpc) is 3.21. The smallest absolute Gasteiger partial charge is 0.223 e. The molecule has 3 aromatic rings. The standard InChI is InChI=1S/C25H31N3OS/c1-27(25(29)16-15-24-26-22-13-5-6-14-23(22)30-24)21-12-8-18-28(19-21)17-7-11-20-9-3-2-4-10-20/h2-6,9-10,13-14,21H,7-8,11-12,15-19H2,1H3/t21-/m1/s1. The second kappa shape index (κ2) is 10.2. The Morgan fingerprint density at radius 2 is 1.93 bits per heavy atom. The minimum absolute atomic E-state index is 0.241. The zero-order valence-electron chi connectivity index (χ0n) is 17.8. The van der Waals surface area contributed by atoms with Gasteiger partial charge in [0, 0.05) is 32.5 Å².